The molecule has 1 atom stereocenters. The summed E-state index contributed by atoms with van der Waals surface area (Å²) in [6, 6.07) is 19.5. The summed E-state index contributed by atoms with van der Waals surface area (Å²) < 4.78 is 22.1. The number of hydrogen-bond acceptors (Lipinski definition) is 4. The number of halogens is 1. The fraction of sp³-hybridized carbons (Fsp3) is 0.300. The van der Waals surface area contributed by atoms with E-state index in [1.807, 2.05) is 41.1 Å². The van der Waals surface area contributed by atoms with Gasteiger partial charge in [0.25, 0.3) is 0 Å². The molecule has 6 heteroatoms. The number of aliphatic hydroxyl groups is 1. The van der Waals surface area contributed by atoms with Crippen molar-refractivity contribution in [1.29, 1.82) is 0 Å². The first kappa shape index (κ1) is 25.5. The Morgan fingerprint density at radius 1 is 1.06 bits per heavy atom. The molecule has 0 aliphatic carbocycles. The molecule has 1 heterocycles. The molecule has 0 fully saturated rings. The summed E-state index contributed by atoms with van der Waals surface area (Å²) in [6.45, 7) is 2.14. The molecule has 0 bridgehead atoms. The number of aliphatic hydroxyl groups excluding tert-OH is 1. The van der Waals surface area contributed by atoms with Crippen LogP contribution in [0.4, 0.5) is 4.39 Å². The van der Waals surface area contributed by atoms with Crippen molar-refractivity contribution in [2.24, 2.45) is 0 Å². The summed E-state index contributed by atoms with van der Waals surface area (Å²) in [5, 5.41) is 22.1. The van der Waals surface area contributed by atoms with Crippen molar-refractivity contribution in [3.05, 3.63) is 101 Å². The summed E-state index contributed by atoms with van der Waals surface area (Å²) in [6.07, 6.45) is 5.08. The number of esters is 1. The lowest BCUT2D eigenvalue weighted by molar-refractivity contribution is 0.0259. The Balaban J connectivity index is 1.49. The first-order valence-electron chi connectivity index (χ1n) is 12.4. The lowest BCUT2D eigenvalue weighted by Crippen LogP contribution is -2.20. The van der Waals surface area contributed by atoms with Crippen LogP contribution in [0.3, 0.4) is 0 Å². The number of phenols is 1. The summed E-state index contributed by atoms with van der Waals surface area (Å²) in [5.41, 5.74) is 3.18. The molecule has 0 aliphatic heterocycles. The van der Waals surface area contributed by atoms with Crippen LogP contribution in [0.5, 0.6) is 5.75 Å². The van der Waals surface area contributed by atoms with Crippen LogP contribution in [0, 0.1) is 5.82 Å². The van der Waals surface area contributed by atoms with E-state index in [1.165, 1.54) is 6.07 Å². The highest BCUT2D eigenvalue weighted by Gasteiger charge is 2.17. The second-order valence-electron chi connectivity index (χ2n) is 9.15. The fourth-order valence-corrected chi connectivity index (χ4v) is 4.49. The maximum absolute atomic E-state index is 15.0. The zero-order chi connectivity index (χ0) is 25.5. The number of unbranched alkanes of at least 4 members (excludes halogenated alkanes) is 2. The van der Waals surface area contributed by atoms with Gasteiger partial charge in [-0.3, -0.25) is 0 Å². The molecule has 4 rings (SSSR count). The smallest absolute Gasteiger partial charge is 0.338 e. The van der Waals surface area contributed by atoms with Crippen LogP contribution >= 0.6 is 0 Å². The van der Waals surface area contributed by atoms with Gasteiger partial charge in [0.1, 0.15) is 18.2 Å². The molecule has 0 radical (unpaired) electrons. The second kappa shape index (κ2) is 11.9. The number of carbonyl (C=O) groups excluding carboxylic acids is 1. The molecule has 0 aliphatic rings. The predicted molar refractivity (Wildman–Crippen MR) is 139 cm³/mol. The van der Waals surface area contributed by atoms with E-state index < -0.39 is 17.9 Å². The van der Waals surface area contributed by atoms with Crippen LogP contribution in [0.1, 0.15) is 53.2 Å². The minimum Gasteiger partial charge on any atom is -0.507 e. The van der Waals surface area contributed by atoms with Crippen LogP contribution < -0.4 is 0 Å². The standard InChI is InChI=1S/C30H32FNO4/c1-2-3-5-10-21-15-27(31)26(29(34)16-21)19-32-18-23(25-13-8-9-14-28(25)32)17-24(33)20-36-30(35)22-11-6-4-7-12-22/h4,6-9,11-16,18,24,33-34H,2-3,5,10,17,19-20H2,1H3. The summed E-state index contributed by atoms with van der Waals surface area (Å²) in [5.74, 6) is -0.955. The van der Waals surface area contributed by atoms with Crippen LogP contribution in [-0.2, 0) is 24.1 Å². The third-order valence-corrected chi connectivity index (χ3v) is 6.37. The number of nitrogens with zero attached hydrogens (tertiary/aromatic N) is 1. The molecule has 0 saturated carbocycles. The van der Waals surface area contributed by atoms with Crippen molar-refractivity contribution in [2.75, 3.05) is 6.61 Å². The minimum atomic E-state index is -0.899. The molecule has 1 aromatic heterocycles. The third kappa shape index (κ3) is 6.13. The summed E-state index contributed by atoms with van der Waals surface area (Å²) in [7, 11) is 0. The Morgan fingerprint density at radius 3 is 2.56 bits per heavy atom. The third-order valence-electron chi connectivity index (χ3n) is 6.37. The van der Waals surface area contributed by atoms with Gasteiger partial charge >= 0.3 is 5.97 Å². The number of aryl methyl sites for hydroxylation is 1. The van der Waals surface area contributed by atoms with E-state index in [9.17, 15) is 19.4 Å². The quantitative estimate of drug-likeness (QED) is 0.199. The molecule has 1 unspecified atom stereocenters. The molecule has 36 heavy (non-hydrogen) atoms. The maximum Gasteiger partial charge on any atom is 0.338 e. The zero-order valence-electron chi connectivity index (χ0n) is 20.5. The molecule has 4 aromatic rings. The second-order valence-corrected chi connectivity index (χ2v) is 9.15. The van der Waals surface area contributed by atoms with Gasteiger partial charge in [0, 0.05) is 29.1 Å². The highest BCUT2D eigenvalue weighted by molar-refractivity contribution is 5.89. The van der Waals surface area contributed by atoms with E-state index in [1.54, 1.807) is 30.3 Å². The van der Waals surface area contributed by atoms with E-state index in [2.05, 4.69) is 6.92 Å². The molecule has 0 spiro atoms. The first-order valence-corrected chi connectivity index (χ1v) is 12.4. The highest BCUT2D eigenvalue weighted by atomic mass is 19.1. The Hall–Kier alpha value is -3.64. The van der Waals surface area contributed by atoms with Crippen molar-refractivity contribution >= 4 is 16.9 Å². The normalized spacial score (nSPS) is 12.1. The van der Waals surface area contributed by atoms with Gasteiger partial charge in [-0.2, -0.15) is 0 Å². The van der Waals surface area contributed by atoms with E-state index >= 15 is 0 Å². The van der Waals surface area contributed by atoms with Gasteiger partial charge in [-0.1, -0.05) is 56.2 Å². The van der Waals surface area contributed by atoms with Gasteiger partial charge in [0.15, 0.2) is 0 Å². The Morgan fingerprint density at radius 2 is 1.81 bits per heavy atom. The van der Waals surface area contributed by atoms with Crippen molar-refractivity contribution in [3.8, 4) is 5.75 Å². The van der Waals surface area contributed by atoms with Gasteiger partial charge < -0.3 is 19.5 Å². The van der Waals surface area contributed by atoms with E-state index in [0.717, 1.165) is 47.7 Å². The number of aromatic hydroxyl groups is 1. The van der Waals surface area contributed by atoms with E-state index in [0.29, 0.717) is 5.56 Å². The van der Waals surface area contributed by atoms with Crippen LogP contribution in [0.25, 0.3) is 10.9 Å². The number of fused-ring (bicyclic) bond motifs is 1. The number of hydrogen-bond donors (Lipinski definition) is 2. The van der Waals surface area contributed by atoms with Gasteiger partial charge in [-0.15, -0.1) is 0 Å². The first-order chi connectivity index (χ1) is 17.5. The SMILES string of the molecule is CCCCCc1cc(O)c(Cn2cc(CC(O)COC(=O)c3ccccc3)c3ccccc32)c(F)c1. The predicted octanol–water partition coefficient (Wildman–Crippen LogP) is 6.03. The Kier molecular flexibility index (Phi) is 8.39. The average Bonchev–Trinajstić information content (AvgIpc) is 3.22. The van der Waals surface area contributed by atoms with Crippen LogP contribution in [0.15, 0.2) is 72.9 Å². The number of para-hydroxylation sites is 1. The van der Waals surface area contributed by atoms with Crippen molar-refractivity contribution in [3.63, 3.8) is 0 Å². The van der Waals surface area contributed by atoms with Crippen LogP contribution in [0.2, 0.25) is 0 Å². The average molecular weight is 490 g/mol. The topological polar surface area (TPSA) is 71.7 Å². The molecular formula is C30H32FNO4. The van der Waals surface area contributed by atoms with Gasteiger partial charge in [0.2, 0.25) is 0 Å². The fourth-order valence-electron chi connectivity index (χ4n) is 4.49. The van der Waals surface area contributed by atoms with Gasteiger partial charge in [-0.05, 0) is 54.3 Å². The van der Waals surface area contributed by atoms with Crippen LogP contribution in [-0.4, -0.2) is 33.5 Å². The van der Waals surface area contributed by atoms with Crippen molar-refractivity contribution < 1.29 is 24.1 Å². The number of rotatable bonds is 11. The highest BCUT2D eigenvalue weighted by Crippen LogP contribution is 2.29. The number of phenolic OH excluding ortho intramolecular Hbond substituents is 1. The lowest BCUT2D eigenvalue weighted by atomic mass is 10.0. The number of carbonyl (C=O) groups is 1. The number of ether oxygens (including phenoxy) is 1. The molecule has 188 valence electrons. The monoisotopic (exact) mass is 489 g/mol. The van der Waals surface area contributed by atoms with Crippen molar-refractivity contribution in [2.45, 2.75) is 51.7 Å². The minimum absolute atomic E-state index is 0.0475. The van der Waals surface area contributed by atoms with E-state index in [4.69, 9.17) is 4.74 Å². The lowest BCUT2D eigenvalue weighted by Gasteiger charge is -2.12. The molecule has 5 nitrogen and oxygen atoms in total. The summed E-state index contributed by atoms with van der Waals surface area (Å²) >= 11 is 0. The summed E-state index contributed by atoms with van der Waals surface area (Å²) in [4.78, 5) is 12.2. The van der Waals surface area contributed by atoms with Gasteiger partial charge in [0.05, 0.1) is 18.2 Å². The zero-order valence-corrected chi connectivity index (χ0v) is 20.5. The van der Waals surface area contributed by atoms with Gasteiger partial charge in [-0.25, -0.2) is 9.18 Å². The molecule has 2 N–H and O–H groups in total. The number of benzene rings is 3. The number of aromatic nitrogens is 1. The van der Waals surface area contributed by atoms with E-state index in [-0.39, 0.29) is 30.9 Å². The van der Waals surface area contributed by atoms with Crippen molar-refractivity contribution in [1.82, 2.24) is 4.57 Å². The Labute approximate surface area is 210 Å². The molecular weight excluding hydrogens is 457 g/mol. The largest absolute Gasteiger partial charge is 0.507 e. The molecule has 0 saturated heterocycles. The molecule has 0 amide bonds. The molecule has 3 aromatic carbocycles. The Bertz CT molecular complexity index is 1290. The maximum atomic E-state index is 15.0.